The van der Waals surface area contributed by atoms with Crippen molar-refractivity contribution in [1.29, 1.82) is 0 Å². The molecule has 406 valence electrons. The molecular formula is C65H110O6. The molecular weight excluding hydrogens is 877 g/mol. The summed E-state index contributed by atoms with van der Waals surface area (Å²) >= 11 is 0. The fourth-order valence-corrected chi connectivity index (χ4v) is 8.08. The van der Waals surface area contributed by atoms with Crippen LogP contribution in [0.5, 0.6) is 0 Å². The molecule has 1 atom stereocenters. The van der Waals surface area contributed by atoms with Crippen LogP contribution in [-0.2, 0) is 28.6 Å². The molecule has 0 heterocycles. The number of allylic oxidation sites excluding steroid dienone is 16. The molecule has 0 fully saturated rings. The highest BCUT2D eigenvalue weighted by atomic mass is 16.6. The van der Waals surface area contributed by atoms with E-state index in [0.717, 1.165) is 70.6 Å². The van der Waals surface area contributed by atoms with Crippen molar-refractivity contribution in [2.45, 2.75) is 284 Å². The van der Waals surface area contributed by atoms with Gasteiger partial charge in [-0.3, -0.25) is 14.4 Å². The molecule has 0 amide bonds. The maximum atomic E-state index is 12.8. The van der Waals surface area contributed by atoms with E-state index in [1.165, 1.54) is 154 Å². The first-order valence-corrected chi connectivity index (χ1v) is 29.7. The quantitative estimate of drug-likeness (QED) is 0.0261. The molecule has 6 heteroatoms. The lowest BCUT2D eigenvalue weighted by Crippen LogP contribution is -2.30. The van der Waals surface area contributed by atoms with Gasteiger partial charge in [-0.15, -0.1) is 0 Å². The minimum absolute atomic E-state index is 0.115. The number of hydrogen-bond donors (Lipinski definition) is 0. The average molecular weight is 988 g/mol. The van der Waals surface area contributed by atoms with Gasteiger partial charge in [0.2, 0.25) is 0 Å². The molecule has 0 rings (SSSR count). The van der Waals surface area contributed by atoms with Crippen molar-refractivity contribution in [2.24, 2.45) is 0 Å². The molecule has 0 aromatic carbocycles. The van der Waals surface area contributed by atoms with Gasteiger partial charge in [0.1, 0.15) is 13.2 Å². The van der Waals surface area contributed by atoms with Crippen LogP contribution in [0.25, 0.3) is 0 Å². The van der Waals surface area contributed by atoms with E-state index in [0.29, 0.717) is 19.3 Å². The molecule has 0 bridgehead atoms. The summed E-state index contributed by atoms with van der Waals surface area (Å²) in [4.78, 5) is 38.2. The molecule has 1 unspecified atom stereocenters. The van der Waals surface area contributed by atoms with Crippen LogP contribution in [0.3, 0.4) is 0 Å². The van der Waals surface area contributed by atoms with Crippen molar-refractivity contribution < 1.29 is 28.6 Å². The smallest absolute Gasteiger partial charge is 0.306 e. The Kier molecular flexibility index (Phi) is 55.9. The molecule has 0 aromatic heterocycles. The third kappa shape index (κ3) is 57.1. The van der Waals surface area contributed by atoms with Crippen LogP contribution in [0.1, 0.15) is 278 Å². The molecule has 0 aliphatic carbocycles. The summed E-state index contributed by atoms with van der Waals surface area (Å²) in [5.74, 6) is -1.02. The van der Waals surface area contributed by atoms with Crippen molar-refractivity contribution in [3.05, 3.63) is 97.2 Å². The zero-order valence-electron chi connectivity index (χ0n) is 46.5. The number of rotatable bonds is 53. The molecule has 0 radical (unpaired) electrons. The Morgan fingerprint density at radius 1 is 0.282 bits per heavy atom. The first-order chi connectivity index (χ1) is 35.0. The van der Waals surface area contributed by atoms with Gasteiger partial charge in [0.25, 0.3) is 0 Å². The highest BCUT2D eigenvalue weighted by molar-refractivity contribution is 5.71. The van der Waals surface area contributed by atoms with Crippen LogP contribution in [0, 0.1) is 0 Å². The third-order valence-electron chi connectivity index (χ3n) is 12.6. The Morgan fingerprint density at radius 3 is 0.845 bits per heavy atom. The number of carbonyl (C=O) groups is 3. The van der Waals surface area contributed by atoms with Gasteiger partial charge in [0, 0.05) is 19.3 Å². The van der Waals surface area contributed by atoms with E-state index in [4.69, 9.17) is 14.2 Å². The van der Waals surface area contributed by atoms with Crippen molar-refractivity contribution in [3.8, 4) is 0 Å². The van der Waals surface area contributed by atoms with Crippen LogP contribution in [0.2, 0.25) is 0 Å². The number of carbonyl (C=O) groups excluding carboxylic acids is 3. The lowest BCUT2D eigenvalue weighted by atomic mass is 10.0. The van der Waals surface area contributed by atoms with E-state index < -0.39 is 6.10 Å². The maximum absolute atomic E-state index is 12.8. The summed E-state index contributed by atoms with van der Waals surface area (Å²) in [5.41, 5.74) is 0. The normalized spacial score (nSPS) is 12.8. The van der Waals surface area contributed by atoms with Crippen molar-refractivity contribution in [2.75, 3.05) is 13.2 Å². The van der Waals surface area contributed by atoms with Crippen molar-refractivity contribution in [3.63, 3.8) is 0 Å². The van der Waals surface area contributed by atoms with Crippen LogP contribution in [0.4, 0.5) is 0 Å². The highest BCUT2D eigenvalue weighted by Crippen LogP contribution is 2.16. The molecule has 0 aromatic rings. The van der Waals surface area contributed by atoms with E-state index in [2.05, 4.69) is 118 Å². The van der Waals surface area contributed by atoms with E-state index >= 15 is 0 Å². The first kappa shape index (κ1) is 67.3. The highest BCUT2D eigenvalue weighted by Gasteiger charge is 2.19. The Bertz CT molecular complexity index is 1410. The zero-order valence-corrected chi connectivity index (χ0v) is 46.5. The van der Waals surface area contributed by atoms with Gasteiger partial charge in [-0.1, -0.05) is 259 Å². The largest absolute Gasteiger partial charge is 0.462 e. The zero-order chi connectivity index (χ0) is 51.4. The molecule has 0 spiro atoms. The van der Waals surface area contributed by atoms with Crippen LogP contribution in [0.15, 0.2) is 97.2 Å². The molecule has 6 nitrogen and oxygen atoms in total. The van der Waals surface area contributed by atoms with E-state index in [-0.39, 0.29) is 44.0 Å². The monoisotopic (exact) mass is 987 g/mol. The van der Waals surface area contributed by atoms with Gasteiger partial charge in [0.05, 0.1) is 0 Å². The number of esters is 3. The predicted octanol–water partition coefficient (Wildman–Crippen LogP) is 20.1. The van der Waals surface area contributed by atoms with E-state index in [1.54, 1.807) is 0 Å². The minimum Gasteiger partial charge on any atom is -0.462 e. The molecule has 71 heavy (non-hydrogen) atoms. The second-order valence-corrected chi connectivity index (χ2v) is 19.6. The van der Waals surface area contributed by atoms with E-state index in [1.807, 2.05) is 0 Å². The number of unbranched alkanes of at least 4 members (excludes halogenated alkanes) is 26. The van der Waals surface area contributed by atoms with Crippen LogP contribution in [-0.4, -0.2) is 37.2 Å². The predicted molar refractivity (Wildman–Crippen MR) is 307 cm³/mol. The molecule has 0 saturated carbocycles. The lowest BCUT2D eigenvalue weighted by molar-refractivity contribution is -0.167. The van der Waals surface area contributed by atoms with Gasteiger partial charge in [0.15, 0.2) is 6.10 Å². The summed E-state index contributed by atoms with van der Waals surface area (Å²) in [6.07, 6.45) is 78.4. The second kappa shape index (κ2) is 58.9. The van der Waals surface area contributed by atoms with Gasteiger partial charge >= 0.3 is 17.9 Å². The maximum Gasteiger partial charge on any atom is 0.306 e. The van der Waals surface area contributed by atoms with Gasteiger partial charge < -0.3 is 14.2 Å². The Hall–Kier alpha value is -3.67. The lowest BCUT2D eigenvalue weighted by Gasteiger charge is -2.18. The Morgan fingerprint density at radius 2 is 0.521 bits per heavy atom. The first-order valence-electron chi connectivity index (χ1n) is 29.7. The third-order valence-corrected chi connectivity index (χ3v) is 12.6. The molecule has 0 aliphatic rings. The summed E-state index contributed by atoms with van der Waals surface area (Å²) < 4.78 is 16.8. The van der Waals surface area contributed by atoms with Gasteiger partial charge in [-0.2, -0.15) is 0 Å². The van der Waals surface area contributed by atoms with Gasteiger partial charge in [-0.25, -0.2) is 0 Å². The Balaban J connectivity index is 4.52. The molecule has 0 saturated heterocycles. The van der Waals surface area contributed by atoms with Crippen molar-refractivity contribution >= 4 is 17.9 Å². The Labute approximate surface area is 438 Å². The van der Waals surface area contributed by atoms with Crippen molar-refractivity contribution in [1.82, 2.24) is 0 Å². The summed E-state index contributed by atoms with van der Waals surface area (Å²) in [6.45, 7) is 6.51. The second-order valence-electron chi connectivity index (χ2n) is 19.6. The summed E-state index contributed by atoms with van der Waals surface area (Å²) in [5, 5.41) is 0. The SMILES string of the molecule is CCCCC/C=C\C/C=C\C/C=C\C/C=C\CCCC(=O)OCC(COC(=O)CCCCCCCCCCCCCCCCCCCCC)OC(=O)CCC/C=C\C/C=C\C/C=C\C/C=C\CCCCC. The summed E-state index contributed by atoms with van der Waals surface area (Å²) in [7, 11) is 0. The minimum atomic E-state index is -0.828. The molecule has 0 N–H and O–H groups in total. The average Bonchev–Trinajstić information content (AvgIpc) is 3.37. The standard InChI is InChI=1S/C65H110O6/c1-4-7-10-13-16-19-22-25-28-31-32-35-37-40-43-46-49-52-55-58-64(67)70-61-62(71-65(68)59-56-53-50-47-44-41-38-34-30-27-24-21-18-15-12-9-6-3)60-69-63(66)57-54-51-48-45-42-39-36-33-29-26-23-20-17-14-11-8-5-2/h17-18,20-21,26-27,29-30,36,38-39,41,45,47-48,50,62H,4-16,19,22-25,28,31-35,37,40,42-44,46,49,51-61H2,1-3H3/b20-17-,21-18-,29-26-,30-27-,39-36-,41-38-,48-45-,50-47-. The van der Waals surface area contributed by atoms with Crippen LogP contribution >= 0.6 is 0 Å². The number of hydrogen-bond acceptors (Lipinski definition) is 6. The molecule has 0 aliphatic heterocycles. The summed E-state index contributed by atoms with van der Waals surface area (Å²) in [6, 6.07) is 0. The fraction of sp³-hybridized carbons (Fsp3) is 0.708. The van der Waals surface area contributed by atoms with Crippen LogP contribution < -0.4 is 0 Å². The number of ether oxygens (including phenoxy) is 3. The van der Waals surface area contributed by atoms with E-state index in [9.17, 15) is 14.4 Å². The fourth-order valence-electron chi connectivity index (χ4n) is 8.08. The topological polar surface area (TPSA) is 78.9 Å². The van der Waals surface area contributed by atoms with Gasteiger partial charge in [-0.05, 0) is 96.3 Å².